The second-order valence-corrected chi connectivity index (χ2v) is 5.89. The van der Waals surface area contributed by atoms with E-state index < -0.39 is 0 Å². The molecule has 20 heavy (non-hydrogen) atoms. The van der Waals surface area contributed by atoms with Gasteiger partial charge >= 0.3 is 0 Å². The number of thiophene rings is 1. The molecule has 3 nitrogen and oxygen atoms in total. The summed E-state index contributed by atoms with van der Waals surface area (Å²) in [5, 5.41) is 2.12. The van der Waals surface area contributed by atoms with Gasteiger partial charge in [-0.15, -0.1) is 11.3 Å². The molecule has 0 fully saturated rings. The number of nitrogens with zero attached hydrogens (tertiary/aromatic N) is 1. The van der Waals surface area contributed by atoms with Crippen LogP contribution >= 0.6 is 11.3 Å². The fourth-order valence-electron chi connectivity index (χ4n) is 2.17. The summed E-state index contributed by atoms with van der Waals surface area (Å²) < 4.78 is 5.68. The van der Waals surface area contributed by atoms with Gasteiger partial charge in [0, 0.05) is 28.7 Å². The summed E-state index contributed by atoms with van der Waals surface area (Å²) in [4.78, 5) is 3.68. The normalized spacial score (nSPS) is 12.6. The van der Waals surface area contributed by atoms with Crippen molar-refractivity contribution in [2.75, 3.05) is 19.4 Å². The van der Waals surface area contributed by atoms with E-state index in [4.69, 9.17) is 10.5 Å². The molecule has 0 saturated carbocycles. The van der Waals surface area contributed by atoms with Gasteiger partial charge < -0.3 is 10.5 Å². The van der Waals surface area contributed by atoms with Crippen LogP contribution in [0.3, 0.4) is 0 Å². The molecule has 4 heteroatoms. The summed E-state index contributed by atoms with van der Waals surface area (Å²) in [6.07, 6.45) is 0. The fraction of sp³-hybridized carbons (Fsp3) is 0.375. The third-order valence-electron chi connectivity index (χ3n) is 3.42. The van der Waals surface area contributed by atoms with Crippen LogP contribution in [0.2, 0.25) is 0 Å². The van der Waals surface area contributed by atoms with Crippen molar-refractivity contribution in [3.63, 3.8) is 0 Å². The SMILES string of the molecule is CCOc1ccc(N)cc1CN(C)C(C)c1cccs1. The lowest BCUT2D eigenvalue weighted by atomic mass is 10.1. The third-order valence-corrected chi connectivity index (χ3v) is 4.46. The number of hydrogen-bond acceptors (Lipinski definition) is 4. The Kier molecular flexibility index (Phi) is 5.04. The van der Waals surface area contributed by atoms with E-state index in [0.29, 0.717) is 12.6 Å². The Hall–Kier alpha value is -1.52. The highest BCUT2D eigenvalue weighted by atomic mass is 32.1. The van der Waals surface area contributed by atoms with Gasteiger partial charge in [-0.05, 0) is 50.5 Å². The van der Waals surface area contributed by atoms with Crippen molar-refractivity contribution < 1.29 is 4.74 Å². The van der Waals surface area contributed by atoms with Crippen LogP contribution in [0.5, 0.6) is 5.75 Å². The van der Waals surface area contributed by atoms with E-state index in [1.807, 2.05) is 25.1 Å². The second kappa shape index (κ2) is 6.77. The maximum atomic E-state index is 5.90. The summed E-state index contributed by atoms with van der Waals surface area (Å²) in [5.41, 5.74) is 7.81. The Bertz CT molecular complexity index is 539. The van der Waals surface area contributed by atoms with Crippen LogP contribution < -0.4 is 10.5 Å². The predicted molar refractivity (Wildman–Crippen MR) is 86.2 cm³/mol. The molecule has 1 heterocycles. The molecule has 2 N–H and O–H groups in total. The summed E-state index contributed by atoms with van der Waals surface area (Å²) in [6.45, 7) is 5.71. The van der Waals surface area contributed by atoms with Crippen molar-refractivity contribution in [1.29, 1.82) is 0 Å². The Morgan fingerprint density at radius 1 is 1.35 bits per heavy atom. The molecule has 0 aliphatic rings. The van der Waals surface area contributed by atoms with Crippen LogP contribution in [0.25, 0.3) is 0 Å². The average Bonchev–Trinajstić information content (AvgIpc) is 2.95. The van der Waals surface area contributed by atoms with Crippen LogP contribution in [-0.4, -0.2) is 18.6 Å². The van der Waals surface area contributed by atoms with Gasteiger partial charge in [0.05, 0.1) is 6.61 Å². The zero-order chi connectivity index (χ0) is 14.5. The number of benzene rings is 1. The van der Waals surface area contributed by atoms with E-state index in [-0.39, 0.29) is 0 Å². The minimum absolute atomic E-state index is 0.380. The van der Waals surface area contributed by atoms with Gasteiger partial charge in [0.2, 0.25) is 0 Å². The minimum atomic E-state index is 0.380. The maximum Gasteiger partial charge on any atom is 0.123 e. The molecular formula is C16H22N2OS. The van der Waals surface area contributed by atoms with Crippen LogP contribution in [0.15, 0.2) is 35.7 Å². The van der Waals surface area contributed by atoms with Gasteiger partial charge in [-0.2, -0.15) is 0 Å². The number of nitrogen functional groups attached to an aromatic ring is 1. The van der Waals surface area contributed by atoms with Crippen molar-refractivity contribution >= 4 is 17.0 Å². The van der Waals surface area contributed by atoms with Crippen LogP contribution in [-0.2, 0) is 6.54 Å². The monoisotopic (exact) mass is 290 g/mol. The molecule has 0 aliphatic carbocycles. The molecule has 2 aromatic rings. The Morgan fingerprint density at radius 2 is 2.15 bits per heavy atom. The molecule has 1 aromatic heterocycles. The van der Waals surface area contributed by atoms with Gasteiger partial charge in [0.1, 0.15) is 5.75 Å². The largest absolute Gasteiger partial charge is 0.494 e. The summed E-state index contributed by atoms with van der Waals surface area (Å²) >= 11 is 1.79. The molecule has 108 valence electrons. The van der Waals surface area contributed by atoms with Gasteiger partial charge in [-0.25, -0.2) is 0 Å². The molecule has 0 radical (unpaired) electrons. The highest BCUT2D eigenvalue weighted by molar-refractivity contribution is 7.10. The highest BCUT2D eigenvalue weighted by Gasteiger charge is 2.15. The topological polar surface area (TPSA) is 38.5 Å². The van der Waals surface area contributed by atoms with Gasteiger partial charge in [0.25, 0.3) is 0 Å². The van der Waals surface area contributed by atoms with E-state index in [1.54, 1.807) is 11.3 Å². The molecule has 1 aromatic carbocycles. The van der Waals surface area contributed by atoms with E-state index >= 15 is 0 Å². The first-order valence-electron chi connectivity index (χ1n) is 6.86. The zero-order valence-corrected chi connectivity index (χ0v) is 13.1. The first kappa shape index (κ1) is 14.9. The molecule has 0 aliphatic heterocycles. The Labute approximate surface area is 125 Å². The number of anilines is 1. The maximum absolute atomic E-state index is 5.90. The smallest absolute Gasteiger partial charge is 0.123 e. The quantitative estimate of drug-likeness (QED) is 0.819. The van der Waals surface area contributed by atoms with Crippen LogP contribution in [0.1, 0.15) is 30.3 Å². The van der Waals surface area contributed by atoms with E-state index in [0.717, 1.165) is 23.5 Å². The zero-order valence-electron chi connectivity index (χ0n) is 12.3. The van der Waals surface area contributed by atoms with Crippen LogP contribution in [0, 0.1) is 0 Å². The molecule has 0 bridgehead atoms. The van der Waals surface area contributed by atoms with E-state index in [1.165, 1.54) is 4.88 Å². The predicted octanol–water partition coefficient (Wildman–Crippen LogP) is 3.92. The number of rotatable bonds is 6. The van der Waals surface area contributed by atoms with Gasteiger partial charge in [0.15, 0.2) is 0 Å². The van der Waals surface area contributed by atoms with Crippen molar-refractivity contribution in [3.05, 3.63) is 46.2 Å². The van der Waals surface area contributed by atoms with E-state index in [2.05, 4.69) is 36.4 Å². The lowest BCUT2D eigenvalue weighted by molar-refractivity contribution is 0.249. The van der Waals surface area contributed by atoms with Crippen molar-refractivity contribution in [3.8, 4) is 5.75 Å². The lowest BCUT2D eigenvalue weighted by Gasteiger charge is -2.25. The standard InChI is InChI=1S/C16H22N2OS/c1-4-19-15-8-7-14(17)10-13(15)11-18(3)12(2)16-6-5-9-20-16/h5-10,12H,4,11,17H2,1-3H3. The molecule has 0 spiro atoms. The molecule has 1 atom stereocenters. The van der Waals surface area contributed by atoms with Crippen molar-refractivity contribution in [2.24, 2.45) is 0 Å². The molecular weight excluding hydrogens is 268 g/mol. The highest BCUT2D eigenvalue weighted by Crippen LogP contribution is 2.28. The Morgan fingerprint density at radius 3 is 2.80 bits per heavy atom. The number of ether oxygens (including phenoxy) is 1. The second-order valence-electron chi connectivity index (χ2n) is 4.91. The lowest BCUT2D eigenvalue weighted by Crippen LogP contribution is -2.21. The summed E-state index contributed by atoms with van der Waals surface area (Å²) in [7, 11) is 2.13. The van der Waals surface area contributed by atoms with E-state index in [9.17, 15) is 0 Å². The molecule has 0 amide bonds. The summed E-state index contributed by atoms with van der Waals surface area (Å²) in [6, 6.07) is 10.5. The first-order chi connectivity index (χ1) is 9.61. The average molecular weight is 290 g/mol. The van der Waals surface area contributed by atoms with Crippen molar-refractivity contribution in [2.45, 2.75) is 26.4 Å². The molecule has 0 saturated heterocycles. The van der Waals surface area contributed by atoms with Gasteiger partial charge in [-0.1, -0.05) is 6.07 Å². The fourth-order valence-corrected chi connectivity index (χ4v) is 3.02. The number of hydrogen-bond donors (Lipinski definition) is 1. The molecule has 2 rings (SSSR count). The summed E-state index contributed by atoms with van der Waals surface area (Å²) in [5.74, 6) is 0.923. The molecule has 1 unspecified atom stereocenters. The first-order valence-corrected chi connectivity index (χ1v) is 7.74. The minimum Gasteiger partial charge on any atom is -0.494 e. The van der Waals surface area contributed by atoms with Crippen molar-refractivity contribution in [1.82, 2.24) is 4.90 Å². The van der Waals surface area contributed by atoms with Crippen LogP contribution in [0.4, 0.5) is 5.69 Å². The third kappa shape index (κ3) is 3.52. The van der Waals surface area contributed by atoms with Gasteiger partial charge in [-0.3, -0.25) is 4.90 Å². The Balaban J connectivity index is 2.14. The number of nitrogens with two attached hydrogens (primary N) is 1.